The molecule has 3 N–H and O–H groups in total. The lowest BCUT2D eigenvalue weighted by Gasteiger charge is -2.07. The maximum atomic E-state index is 11.9. The van der Waals surface area contributed by atoms with Crippen LogP contribution in [0.2, 0.25) is 0 Å². The number of H-pyrrole nitrogens is 1. The Morgan fingerprint density at radius 2 is 1.86 bits per heavy atom. The van der Waals surface area contributed by atoms with Gasteiger partial charge in [-0.25, -0.2) is 18.3 Å². The van der Waals surface area contributed by atoms with E-state index in [9.17, 15) is 18.0 Å². The van der Waals surface area contributed by atoms with Gasteiger partial charge in [0.15, 0.2) is 5.82 Å². The molecular formula is C12H11N3O5S. The Kier molecular flexibility index (Phi) is 4.03. The Morgan fingerprint density at radius 3 is 2.38 bits per heavy atom. The van der Waals surface area contributed by atoms with Crippen molar-refractivity contribution in [3.05, 3.63) is 57.9 Å². The zero-order chi connectivity index (χ0) is 15.5. The maximum absolute atomic E-state index is 11.9. The first-order chi connectivity index (χ1) is 9.85. The molecule has 0 bridgehead atoms. The largest absolute Gasteiger partial charge is 0.478 e. The quantitative estimate of drug-likeness (QED) is 0.733. The van der Waals surface area contributed by atoms with E-state index in [2.05, 4.69) is 14.9 Å². The van der Waals surface area contributed by atoms with E-state index in [1.54, 1.807) is 0 Å². The molecule has 0 aliphatic rings. The fourth-order valence-corrected chi connectivity index (χ4v) is 2.70. The van der Waals surface area contributed by atoms with Crippen molar-refractivity contribution in [2.24, 2.45) is 0 Å². The summed E-state index contributed by atoms with van der Waals surface area (Å²) in [6.45, 7) is 0. The van der Waals surface area contributed by atoms with Gasteiger partial charge in [0.1, 0.15) is 0 Å². The van der Waals surface area contributed by atoms with Gasteiger partial charge in [0, 0.05) is 6.07 Å². The van der Waals surface area contributed by atoms with Crippen LogP contribution in [-0.4, -0.2) is 29.7 Å². The number of carboxylic acids is 1. The summed E-state index contributed by atoms with van der Waals surface area (Å²) in [6.07, 6.45) is 0. The Labute approximate surface area is 119 Å². The van der Waals surface area contributed by atoms with E-state index < -0.39 is 21.6 Å². The number of aromatic amines is 1. The highest BCUT2D eigenvalue weighted by Crippen LogP contribution is 2.10. The number of benzene rings is 1. The first-order valence-electron chi connectivity index (χ1n) is 5.74. The van der Waals surface area contributed by atoms with Gasteiger partial charge in [0.05, 0.1) is 11.3 Å². The first-order valence-corrected chi connectivity index (χ1v) is 7.39. The number of aromatic carboxylic acids is 1. The van der Waals surface area contributed by atoms with Crippen LogP contribution in [0.1, 0.15) is 15.9 Å². The SMILES string of the molecule is O=C(O)c1ccc(CS(=O)(=O)Nc2ccc(=O)[nH]n2)cc1. The number of rotatable bonds is 5. The molecule has 0 saturated carbocycles. The minimum atomic E-state index is -3.72. The van der Waals surface area contributed by atoms with Crippen molar-refractivity contribution in [2.75, 3.05) is 4.72 Å². The predicted octanol–water partition coefficient (Wildman–Crippen LogP) is 0.410. The van der Waals surface area contributed by atoms with Crippen molar-refractivity contribution < 1.29 is 18.3 Å². The number of hydrogen-bond acceptors (Lipinski definition) is 5. The van der Waals surface area contributed by atoms with Crippen molar-refractivity contribution in [1.29, 1.82) is 0 Å². The molecule has 2 rings (SSSR count). The van der Waals surface area contributed by atoms with Crippen molar-refractivity contribution in [2.45, 2.75) is 5.75 Å². The molecule has 0 atom stereocenters. The number of aromatic nitrogens is 2. The number of anilines is 1. The highest BCUT2D eigenvalue weighted by atomic mass is 32.2. The fourth-order valence-electron chi connectivity index (χ4n) is 1.56. The molecule has 9 heteroatoms. The number of hydrogen-bond donors (Lipinski definition) is 3. The lowest BCUT2D eigenvalue weighted by molar-refractivity contribution is 0.0697. The molecule has 0 radical (unpaired) electrons. The number of nitrogens with one attached hydrogen (secondary N) is 2. The third kappa shape index (κ3) is 4.14. The highest BCUT2D eigenvalue weighted by Gasteiger charge is 2.13. The van der Waals surface area contributed by atoms with Gasteiger partial charge in [-0.2, -0.15) is 5.10 Å². The standard InChI is InChI=1S/C12H11N3O5S/c16-11-6-5-10(13-14-11)15-21(19,20)7-8-1-3-9(4-2-8)12(17)18/h1-6H,7H2,(H,13,15)(H,14,16)(H,17,18). The van der Waals surface area contributed by atoms with Gasteiger partial charge in [-0.05, 0) is 23.8 Å². The minimum absolute atomic E-state index is 0.00300. The second kappa shape index (κ2) is 5.75. The van der Waals surface area contributed by atoms with Gasteiger partial charge in [0.25, 0.3) is 5.56 Å². The second-order valence-corrected chi connectivity index (χ2v) is 5.89. The van der Waals surface area contributed by atoms with Crippen LogP contribution in [0.25, 0.3) is 0 Å². The van der Waals surface area contributed by atoms with Crippen LogP contribution in [0.3, 0.4) is 0 Å². The van der Waals surface area contributed by atoms with E-state index in [1.165, 1.54) is 30.3 Å². The van der Waals surface area contributed by atoms with E-state index in [0.717, 1.165) is 6.07 Å². The number of nitrogens with zero attached hydrogens (tertiary/aromatic N) is 1. The number of carboxylic acid groups (broad SMARTS) is 1. The molecule has 110 valence electrons. The third-order valence-electron chi connectivity index (χ3n) is 2.50. The highest BCUT2D eigenvalue weighted by molar-refractivity contribution is 7.91. The van der Waals surface area contributed by atoms with Gasteiger partial charge in [-0.15, -0.1) is 0 Å². The molecule has 1 heterocycles. The summed E-state index contributed by atoms with van der Waals surface area (Å²) in [4.78, 5) is 21.5. The van der Waals surface area contributed by atoms with Crippen LogP contribution >= 0.6 is 0 Å². The smallest absolute Gasteiger partial charge is 0.335 e. The summed E-state index contributed by atoms with van der Waals surface area (Å²) >= 11 is 0. The molecule has 0 fully saturated rings. The maximum Gasteiger partial charge on any atom is 0.335 e. The Balaban J connectivity index is 2.11. The van der Waals surface area contributed by atoms with Gasteiger partial charge >= 0.3 is 5.97 Å². The van der Waals surface area contributed by atoms with Crippen molar-refractivity contribution >= 4 is 21.8 Å². The molecule has 0 aliphatic carbocycles. The molecule has 1 aromatic heterocycles. The summed E-state index contributed by atoms with van der Waals surface area (Å²) in [5, 5.41) is 14.4. The van der Waals surface area contributed by atoms with Crippen LogP contribution < -0.4 is 10.3 Å². The topological polar surface area (TPSA) is 129 Å². The van der Waals surface area contributed by atoms with Crippen LogP contribution in [0, 0.1) is 0 Å². The first kappa shape index (κ1) is 14.7. The summed E-state index contributed by atoms with van der Waals surface area (Å²) < 4.78 is 26.0. The van der Waals surface area contributed by atoms with Crippen molar-refractivity contribution in [1.82, 2.24) is 10.2 Å². The number of sulfonamides is 1. The number of carbonyl (C=O) groups is 1. The van der Waals surface area contributed by atoms with E-state index in [-0.39, 0.29) is 17.1 Å². The van der Waals surface area contributed by atoms with E-state index in [4.69, 9.17) is 5.11 Å². The monoisotopic (exact) mass is 309 g/mol. The molecule has 0 aliphatic heterocycles. The van der Waals surface area contributed by atoms with Gasteiger partial charge in [0.2, 0.25) is 10.0 Å². The fraction of sp³-hybridized carbons (Fsp3) is 0.0833. The van der Waals surface area contributed by atoms with Crippen LogP contribution in [-0.2, 0) is 15.8 Å². The van der Waals surface area contributed by atoms with Gasteiger partial charge in [-0.3, -0.25) is 9.52 Å². The van der Waals surface area contributed by atoms with Gasteiger partial charge in [-0.1, -0.05) is 12.1 Å². The molecule has 0 unspecified atom stereocenters. The molecular weight excluding hydrogens is 298 g/mol. The normalized spacial score (nSPS) is 11.0. The second-order valence-electron chi connectivity index (χ2n) is 4.17. The summed E-state index contributed by atoms with van der Waals surface area (Å²) in [7, 11) is -3.72. The lowest BCUT2D eigenvalue weighted by atomic mass is 10.1. The average molecular weight is 309 g/mol. The van der Waals surface area contributed by atoms with Crippen LogP contribution in [0.5, 0.6) is 0 Å². The Bertz CT molecular complexity index is 791. The van der Waals surface area contributed by atoms with E-state index >= 15 is 0 Å². The molecule has 0 saturated heterocycles. The van der Waals surface area contributed by atoms with Gasteiger partial charge < -0.3 is 5.11 Å². The average Bonchev–Trinajstić information content (AvgIpc) is 2.41. The molecule has 0 amide bonds. The molecule has 8 nitrogen and oxygen atoms in total. The van der Waals surface area contributed by atoms with Crippen molar-refractivity contribution in [3.8, 4) is 0 Å². The van der Waals surface area contributed by atoms with E-state index in [1.807, 2.05) is 0 Å². The van der Waals surface area contributed by atoms with Crippen LogP contribution in [0.15, 0.2) is 41.2 Å². The van der Waals surface area contributed by atoms with Crippen molar-refractivity contribution in [3.63, 3.8) is 0 Å². The van der Waals surface area contributed by atoms with Crippen LogP contribution in [0.4, 0.5) is 5.82 Å². The third-order valence-corrected chi connectivity index (χ3v) is 3.73. The molecule has 1 aromatic carbocycles. The summed E-state index contributed by atoms with van der Waals surface area (Å²) in [5.74, 6) is -1.43. The predicted molar refractivity (Wildman–Crippen MR) is 74.5 cm³/mol. The zero-order valence-electron chi connectivity index (χ0n) is 10.6. The summed E-state index contributed by atoms with van der Waals surface area (Å²) in [6, 6.07) is 7.87. The minimum Gasteiger partial charge on any atom is -0.478 e. The zero-order valence-corrected chi connectivity index (χ0v) is 11.4. The summed E-state index contributed by atoms with van der Waals surface area (Å²) in [5.41, 5.74) is 0.0607. The lowest BCUT2D eigenvalue weighted by Crippen LogP contribution is -2.18. The molecule has 0 spiro atoms. The molecule has 21 heavy (non-hydrogen) atoms. The van der Waals surface area contributed by atoms with E-state index in [0.29, 0.717) is 5.56 Å². The Morgan fingerprint density at radius 1 is 1.19 bits per heavy atom. The Hall–Kier alpha value is -2.68. The molecule has 2 aromatic rings.